The standard InChI is InChI=1S/2C12H8N2.2C7H4I2O2.2H2O.4O.2U/c2*1-3-9-5-6-10-4-2-8-14-12(10)11(9)13-7-1;2*8-4-1-2-6(9)5(3-4)7(10)11;;;;;;;;/h2*1-8H;2*1-3H,(H,10,11);2*1H2;;;;;;/q;;;;;;4*-2;;/p-4. The van der Waals surface area contributed by atoms with E-state index in [0.29, 0.717) is 7.14 Å². The molecule has 8 aromatic rings. The predicted molar refractivity (Wildman–Crippen MR) is 233 cm³/mol. The van der Waals surface area contributed by atoms with E-state index in [9.17, 15) is 19.8 Å². The molecule has 0 fully saturated rings. The van der Waals surface area contributed by atoms with E-state index in [2.05, 4.69) is 114 Å². The first-order chi connectivity index (χ1) is 24.1. The van der Waals surface area contributed by atoms with Gasteiger partial charge in [0.05, 0.1) is 34.0 Å². The van der Waals surface area contributed by atoms with Gasteiger partial charge in [-0.3, -0.25) is 19.9 Å². The third-order valence-electron chi connectivity index (χ3n) is 6.99. The van der Waals surface area contributed by atoms with Crippen LogP contribution in [0.5, 0.6) is 0 Å². The first-order valence-electron chi connectivity index (χ1n) is 14.6. The van der Waals surface area contributed by atoms with Crippen molar-refractivity contribution in [1.29, 1.82) is 0 Å². The number of aromatic carboxylic acids is 2. The van der Waals surface area contributed by atoms with Crippen LogP contribution in [-0.2, 0) is 21.9 Å². The van der Waals surface area contributed by atoms with Crippen molar-refractivity contribution >= 4 is 146 Å². The number of nitrogens with zero attached hydrogens (tertiary/aromatic N) is 4. The van der Waals surface area contributed by atoms with Crippen molar-refractivity contribution in [3.05, 3.63) is 159 Å². The van der Waals surface area contributed by atoms with Crippen molar-refractivity contribution in [3.8, 4) is 0 Å². The molecule has 8 rings (SSSR count). The van der Waals surface area contributed by atoms with E-state index < -0.39 is 11.9 Å². The number of fused-ring (bicyclic) bond motifs is 6. The minimum Gasteiger partial charge on any atom is -2.00 e. The summed E-state index contributed by atoms with van der Waals surface area (Å²) in [6.07, 6.45) is 7.21. The maximum Gasteiger partial charge on any atom is 0.0964 e. The summed E-state index contributed by atoms with van der Waals surface area (Å²) in [5.41, 5.74) is 4.43. The van der Waals surface area contributed by atoms with E-state index in [1.54, 1.807) is 49.1 Å². The number of aromatic nitrogens is 4. The molecule has 0 bridgehead atoms. The van der Waals surface area contributed by atoms with Crippen molar-refractivity contribution in [2.45, 2.75) is 0 Å². The van der Waals surface area contributed by atoms with E-state index in [-0.39, 0.29) is 106 Å². The average Bonchev–Trinajstić information content (AvgIpc) is 3.14. The van der Waals surface area contributed by atoms with E-state index in [1.165, 1.54) is 0 Å². The average molecular weight is 1680 g/mol. The van der Waals surface area contributed by atoms with Crippen LogP contribution in [0.4, 0.5) is 0 Å². The van der Waals surface area contributed by atoms with Gasteiger partial charge in [-0.25, -0.2) is 0 Å². The van der Waals surface area contributed by atoms with Gasteiger partial charge in [-0.2, -0.15) is 0 Å². The number of carbonyl (C=O) groups is 2. The molecule has 0 saturated heterocycles. The number of halogens is 4. The number of hydrogen-bond donors (Lipinski definition) is 0. The fraction of sp³-hybridized carbons (Fsp3) is 0. The zero-order valence-electron chi connectivity index (χ0n) is 29.2. The summed E-state index contributed by atoms with van der Waals surface area (Å²) in [5, 5.41) is 25.5. The Labute approximate surface area is 434 Å². The molecule has 0 saturated carbocycles. The van der Waals surface area contributed by atoms with Crippen LogP contribution >= 0.6 is 90.4 Å². The van der Waals surface area contributed by atoms with E-state index in [1.807, 2.05) is 81.6 Å². The molecule has 58 heavy (non-hydrogen) atoms. The smallest absolute Gasteiger partial charge is 0.0964 e. The summed E-state index contributed by atoms with van der Waals surface area (Å²) in [5.74, 6) is -2.24. The fourth-order valence-corrected chi connectivity index (χ4v) is 6.76. The molecule has 4 aromatic carbocycles. The number of carbonyl (C=O) groups excluding carboxylic acids is 2. The molecule has 4 heterocycles. The molecule has 20 heteroatoms. The minimum absolute atomic E-state index is 0. The fourth-order valence-electron chi connectivity index (χ4n) is 4.67. The minimum atomic E-state index is -1.12. The van der Waals surface area contributed by atoms with Crippen LogP contribution in [0.3, 0.4) is 0 Å². The maximum atomic E-state index is 10.5. The van der Waals surface area contributed by atoms with Gasteiger partial charge in [0.1, 0.15) is 0 Å². The number of hydrogen-bond acceptors (Lipinski definition) is 10. The van der Waals surface area contributed by atoms with Gasteiger partial charge in [-0.05, 0) is 151 Å². The zero-order chi connectivity index (χ0) is 35.6. The first-order valence-corrected chi connectivity index (χ1v) is 18.9. The molecule has 4 aromatic heterocycles. The summed E-state index contributed by atoms with van der Waals surface area (Å²) in [6.45, 7) is 0. The largest absolute Gasteiger partial charge is 2.00 e. The second kappa shape index (κ2) is 31.1. The molecule has 0 unspecified atom stereocenters. The van der Waals surface area contributed by atoms with Crippen LogP contribution in [0.25, 0.3) is 43.6 Å². The SMILES string of the molecule is O=C([O-])c1cc(I)ccc1I.O=C([O-])c1cc(I)ccc1I.[O-2].[O-2].[O-2].[O-2].[OH-].[OH-].[U].[U].c1cnc2c(c1)ccc1cccnc12.c1cnc2c(c1)ccc1cccnc12. The summed E-state index contributed by atoms with van der Waals surface area (Å²) in [4.78, 5) is 38.3. The van der Waals surface area contributed by atoms with Gasteiger partial charge in [-0.1, -0.05) is 48.5 Å². The van der Waals surface area contributed by atoms with Crippen LogP contribution in [0, 0.1) is 76.5 Å². The van der Waals surface area contributed by atoms with Crippen LogP contribution in [-0.4, -0.2) is 42.8 Å². The van der Waals surface area contributed by atoms with Gasteiger partial charge in [0.2, 0.25) is 0 Å². The van der Waals surface area contributed by atoms with Crippen molar-refractivity contribution in [2.75, 3.05) is 0 Å². The van der Waals surface area contributed by atoms with E-state index >= 15 is 0 Å². The normalized spacial score (nSPS) is 8.90. The van der Waals surface area contributed by atoms with E-state index in [0.717, 1.165) is 50.8 Å². The molecular weight excluding hydrogens is 1660 g/mol. The topological polar surface area (TPSA) is 306 Å². The van der Waals surface area contributed by atoms with Gasteiger partial charge >= 0.3 is 0 Å². The van der Waals surface area contributed by atoms with E-state index in [4.69, 9.17) is 0 Å². The Bertz CT molecular complexity index is 2230. The predicted octanol–water partition coefficient (Wildman–Crippen LogP) is 7.26. The number of rotatable bonds is 2. The summed E-state index contributed by atoms with van der Waals surface area (Å²) >= 11 is 8.06. The summed E-state index contributed by atoms with van der Waals surface area (Å²) < 4.78 is 3.23. The molecule has 0 aliphatic carbocycles. The number of carboxylic acids is 2. The van der Waals surface area contributed by atoms with Crippen molar-refractivity contribution in [1.82, 2.24) is 19.9 Å². The van der Waals surface area contributed by atoms with Crippen molar-refractivity contribution in [3.63, 3.8) is 0 Å². The monoisotopic (exact) mass is 1680 g/mol. The van der Waals surface area contributed by atoms with Crippen molar-refractivity contribution in [2.24, 2.45) is 0 Å². The van der Waals surface area contributed by atoms with Gasteiger partial charge in [0.25, 0.3) is 0 Å². The maximum absolute atomic E-state index is 10.5. The third kappa shape index (κ3) is 17.3. The Morgan fingerprint density at radius 1 is 0.414 bits per heavy atom. The van der Waals surface area contributed by atoms with Crippen molar-refractivity contribution < 1.29 is 115 Å². The molecule has 0 amide bonds. The zero-order valence-corrected chi connectivity index (χ0v) is 46.1. The van der Waals surface area contributed by atoms with Gasteiger partial charge in [-0.15, -0.1) is 0 Å². The number of carboxylic acid groups (broad SMARTS) is 2. The Morgan fingerprint density at radius 3 is 0.862 bits per heavy atom. The molecule has 304 valence electrons. The van der Waals surface area contributed by atoms with Crippen LogP contribution in [0.1, 0.15) is 20.7 Å². The quantitative estimate of drug-likeness (QED) is 0.123. The Balaban J connectivity index is -0.000000323. The second-order valence-corrected chi connectivity index (χ2v) is 15.1. The number of benzene rings is 4. The molecule has 14 nitrogen and oxygen atoms in total. The Morgan fingerprint density at radius 2 is 0.655 bits per heavy atom. The van der Waals surface area contributed by atoms with Crippen LogP contribution < -0.4 is 10.2 Å². The van der Waals surface area contributed by atoms with Gasteiger partial charge in [0.15, 0.2) is 0 Å². The van der Waals surface area contributed by atoms with Gasteiger partial charge < -0.3 is 52.7 Å². The first kappa shape index (κ1) is 62.9. The third-order valence-corrected chi connectivity index (χ3v) is 10.2. The Kier molecular flexibility index (Phi) is 33.8. The summed E-state index contributed by atoms with van der Waals surface area (Å²) in [7, 11) is 0. The molecule has 0 spiro atoms. The number of pyridine rings is 4. The molecular formula is C38H24I4N4O10U2-12. The summed E-state index contributed by atoms with van der Waals surface area (Å²) in [6, 6.07) is 34.7. The molecule has 0 aliphatic rings. The second-order valence-electron chi connectivity index (χ2n) is 10.3. The molecule has 0 radical (unpaired) electrons. The van der Waals surface area contributed by atoms with Crippen LogP contribution in [0.15, 0.2) is 134 Å². The molecule has 2 N–H and O–H groups in total. The Hall–Kier alpha value is -1.76. The van der Waals surface area contributed by atoms with Crippen LogP contribution in [0.2, 0.25) is 0 Å². The van der Waals surface area contributed by atoms with Gasteiger partial charge in [0, 0.05) is 134 Å². The molecule has 0 atom stereocenters. The molecule has 0 aliphatic heterocycles.